The van der Waals surface area contributed by atoms with Gasteiger partial charge in [-0.15, -0.1) is 0 Å². The highest BCUT2D eigenvalue weighted by molar-refractivity contribution is 5.90. The van der Waals surface area contributed by atoms with E-state index in [0.717, 1.165) is 21.9 Å². The molecule has 0 unspecified atom stereocenters. The van der Waals surface area contributed by atoms with Gasteiger partial charge < -0.3 is 15.0 Å². The molecule has 0 saturated heterocycles. The van der Waals surface area contributed by atoms with Crippen molar-refractivity contribution in [2.45, 2.75) is 19.0 Å². The summed E-state index contributed by atoms with van der Waals surface area (Å²) in [5, 5.41) is 4.72. The van der Waals surface area contributed by atoms with Gasteiger partial charge in [-0.1, -0.05) is 97.1 Å². The zero-order valence-corrected chi connectivity index (χ0v) is 19.2. The van der Waals surface area contributed by atoms with Crippen LogP contribution in [0.1, 0.15) is 11.1 Å². The summed E-state index contributed by atoms with van der Waals surface area (Å²) in [6, 6.07) is 32.4. The van der Waals surface area contributed by atoms with Crippen molar-refractivity contribution in [2.24, 2.45) is 0 Å². The minimum absolute atomic E-state index is 0.164. The van der Waals surface area contributed by atoms with Crippen molar-refractivity contribution in [3.05, 3.63) is 114 Å². The van der Waals surface area contributed by atoms with Crippen molar-refractivity contribution in [2.75, 3.05) is 13.7 Å². The van der Waals surface area contributed by atoms with Crippen molar-refractivity contribution in [3.63, 3.8) is 0 Å². The Morgan fingerprint density at radius 3 is 2.12 bits per heavy atom. The highest BCUT2D eigenvalue weighted by Gasteiger charge is 2.30. The molecule has 0 radical (unpaired) electrons. The lowest BCUT2D eigenvalue weighted by atomic mass is 10.0. The van der Waals surface area contributed by atoms with Gasteiger partial charge >= 0.3 is 0 Å². The average Bonchev–Trinajstić information content (AvgIpc) is 2.90. The van der Waals surface area contributed by atoms with E-state index in [1.165, 1.54) is 0 Å². The highest BCUT2D eigenvalue weighted by Crippen LogP contribution is 2.25. The lowest BCUT2D eigenvalue weighted by Crippen LogP contribution is -2.51. The third kappa shape index (κ3) is 5.62. The number of carbonyl (C=O) groups is 2. The second-order valence-corrected chi connectivity index (χ2v) is 8.09. The van der Waals surface area contributed by atoms with E-state index in [1.807, 2.05) is 103 Å². The fourth-order valence-electron chi connectivity index (χ4n) is 4.04. The van der Waals surface area contributed by atoms with Gasteiger partial charge in [0.05, 0.1) is 0 Å². The topological polar surface area (TPSA) is 58.6 Å². The van der Waals surface area contributed by atoms with Crippen molar-refractivity contribution in [1.29, 1.82) is 0 Å². The fraction of sp³-hybridized carbons (Fsp3) is 0.172. The molecule has 4 aromatic carbocycles. The van der Waals surface area contributed by atoms with Crippen LogP contribution >= 0.6 is 0 Å². The number of likely N-dealkylation sites (N-methyl/N-ethyl adjacent to an activating group) is 1. The second kappa shape index (κ2) is 11.1. The van der Waals surface area contributed by atoms with E-state index in [4.69, 9.17) is 4.74 Å². The molecule has 0 aliphatic rings. The van der Waals surface area contributed by atoms with Gasteiger partial charge in [-0.2, -0.15) is 0 Å². The Hall–Kier alpha value is -4.12. The monoisotopic (exact) mass is 452 g/mol. The molecule has 1 N–H and O–H groups in total. The summed E-state index contributed by atoms with van der Waals surface area (Å²) in [5.74, 6) is 0.185. The molecule has 5 nitrogen and oxygen atoms in total. The molecule has 0 bridgehead atoms. The van der Waals surface area contributed by atoms with E-state index < -0.39 is 6.04 Å². The molecule has 34 heavy (non-hydrogen) atoms. The highest BCUT2D eigenvalue weighted by atomic mass is 16.5. The van der Waals surface area contributed by atoms with Gasteiger partial charge in [0.2, 0.25) is 5.91 Å². The molecule has 0 aliphatic heterocycles. The number of benzene rings is 4. The van der Waals surface area contributed by atoms with E-state index in [0.29, 0.717) is 18.7 Å². The Bertz CT molecular complexity index is 1240. The Balaban J connectivity index is 1.60. The van der Waals surface area contributed by atoms with Crippen LogP contribution in [0.25, 0.3) is 10.8 Å². The number of hydrogen-bond acceptors (Lipinski definition) is 3. The van der Waals surface area contributed by atoms with Crippen LogP contribution in [0.15, 0.2) is 103 Å². The molecule has 0 aliphatic carbocycles. The van der Waals surface area contributed by atoms with E-state index in [9.17, 15) is 9.59 Å². The Morgan fingerprint density at radius 2 is 1.41 bits per heavy atom. The van der Waals surface area contributed by atoms with Gasteiger partial charge in [0, 0.05) is 25.4 Å². The molecular weight excluding hydrogens is 424 g/mol. The molecule has 1 atom stereocenters. The first-order chi connectivity index (χ1) is 16.7. The van der Waals surface area contributed by atoms with Crippen LogP contribution in [-0.2, 0) is 22.6 Å². The van der Waals surface area contributed by atoms with Crippen molar-refractivity contribution >= 4 is 22.6 Å². The number of fused-ring (bicyclic) bond motifs is 1. The summed E-state index contributed by atoms with van der Waals surface area (Å²) in [6.45, 7) is 0.145. The van der Waals surface area contributed by atoms with Gasteiger partial charge in [-0.25, -0.2) is 0 Å². The first-order valence-electron chi connectivity index (χ1n) is 11.3. The van der Waals surface area contributed by atoms with Gasteiger partial charge in [0.15, 0.2) is 6.61 Å². The van der Waals surface area contributed by atoms with Gasteiger partial charge in [-0.05, 0) is 22.6 Å². The lowest BCUT2D eigenvalue weighted by Gasteiger charge is -2.31. The maximum Gasteiger partial charge on any atom is 0.261 e. The number of nitrogens with one attached hydrogen (secondary N) is 1. The molecular formula is C29H28N2O3. The number of rotatable bonds is 9. The normalized spacial score (nSPS) is 11.6. The van der Waals surface area contributed by atoms with Crippen molar-refractivity contribution in [3.8, 4) is 5.75 Å². The Labute approximate surface area is 200 Å². The number of ether oxygens (including phenoxy) is 1. The molecule has 2 amide bonds. The first kappa shape index (κ1) is 23.1. The van der Waals surface area contributed by atoms with Crippen LogP contribution in [0.3, 0.4) is 0 Å². The maximum absolute atomic E-state index is 13.5. The van der Waals surface area contributed by atoms with Crippen LogP contribution in [0.2, 0.25) is 0 Å². The summed E-state index contributed by atoms with van der Waals surface area (Å²) in [7, 11) is 1.60. The van der Waals surface area contributed by atoms with Gasteiger partial charge in [0.1, 0.15) is 11.8 Å². The average molecular weight is 453 g/mol. The molecule has 4 aromatic rings. The minimum Gasteiger partial charge on any atom is -0.483 e. The maximum atomic E-state index is 13.5. The van der Waals surface area contributed by atoms with Crippen molar-refractivity contribution in [1.82, 2.24) is 10.2 Å². The van der Waals surface area contributed by atoms with E-state index >= 15 is 0 Å². The third-order valence-corrected chi connectivity index (χ3v) is 5.81. The number of hydrogen-bond donors (Lipinski definition) is 1. The minimum atomic E-state index is -0.670. The van der Waals surface area contributed by atoms with Crippen LogP contribution in [-0.4, -0.2) is 36.4 Å². The standard InChI is InChI=1S/C29H28N2O3/c1-30-29(33)26(19-22-11-4-2-5-12-22)31(20-23-13-6-3-7-14-23)28(32)21-34-27-18-10-16-24-15-8-9-17-25(24)27/h2-18,26H,19-21H2,1H3,(H,30,33)/t26-/m1/s1. The van der Waals surface area contributed by atoms with E-state index in [1.54, 1.807) is 11.9 Å². The van der Waals surface area contributed by atoms with Gasteiger partial charge in [-0.3, -0.25) is 9.59 Å². The Kier molecular flexibility index (Phi) is 7.56. The van der Waals surface area contributed by atoms with E-state index in [-0.39, 0.29) is 18.4 Å². The Morgan fingerprint density at radius 1 is 0.794 bits per heavy atom. The number of nitrogens with zero attached hydrogens (tertiary/aromatic N) is 1. The van der Waals surface area contributed by atoms with Crippen LogP contribution in [0.5, 0.6) is 5.75 Å². The number of carbonyl (C=O) groups excluding carboxylic acids is 2. The van der Waals surface area contributed by atoms with Crippen LogP contribution in [0, 0.1) is 0 Å². The van der Waals surface area contributed by atoms with Gasteiger partial charge in [0.25, 0.3) is 5.91 Å². The third-order valence-electron chi connectivity index (χ3n) is 5.81. The number of amides is 2. The summed E-state index contributed by atoms with van der Waals surface area (Å²) in [4.78, 5) is 28.1. The molecule has 0 spiro atoms. The summed E-state index contributed by atoms with van der Waals surface area (Å²) in [5.41, 5.74) is 1.93. The SMILES string of the molecule is CNC(=O)[C@@H](Cc1ccccc1)N(Cc1ccccc1)C(=O)COc1cccc2ccccc12. The van der Waals surface area contributed by atoms with Crippen LogP contribution in [0.4, 0.5) is 0 Å². The smallest absolute Gasteiger partial charge is 0.261 e. The largest absolute Gasteiger partial charge is 0.483 e. The van der Waals surface area contributed by atoms with Crippen molar-refractivity contribution < 1.29 is 14.3 Å². The molecule has 5 heteroatoms. The molecule has 0 saturated carbocycles. The predicted molar refractivity (Wildman–Crippen MR) is 134 cm³/mol. The second-order valence-electron chi connectivity index (χ2n) is 8.09. The van der Waals surface area contributed by atoms with Crippen LogP contribution < -0.4 is 10.1 Å². The molecule has 0 aromatic heterocycles. The fourth-order valence-corrected chi connectivity index (χ4v) is 4.04. The van der Waals surface area contributed by atoms with E-state index in [2.05, 4.69) is 5.32 Å². The summed E-state index contributed by atoms with van der Waals surface area (Å²) < 4.78 is 5.99. The predicted octanol–water partition coefficient (Wildman–Crippen LogP) is 4.60. The summed E-state index contributed by atoms with van der Waals surface area (Å²) in [6.07, 6.45) is 0.410. The zero-order chi connectivity index (χ0) is 23.8. The molecule has 4 rings (SSSR count). The first-order valence-corrected chi connectivity index (χ1v) is 11.3. The summed E-state index contributed by atoms with van der Waals surface area (Å²) >= 11 is 0. The zero-order valence-electron chi connectivity index (χ0n) is 19.2. The lowest BCUT2D eigenvalue weighted by molar-refractivity contribution is -0.142. The molecule has 0 fully saturated rings. The quantitative estimate of drug-likeness (QED) is 0.404. The molecule has 172 valence electrons. The molecule has 0 heterocycles.